The van der Waals surface area contributed by atoms with Crippen molar-refractivity contribution in [2.24, 2.45) is 7.05 Å². The van der Waals surface area contributed by atoms with Crippen molar-refractivity contribution >= 4 is 21.9 Å². The smallest absolute Gasteiger partial charge is 0.326 e. The first-order chi connectivity index (χ1) is 16.8. The molecule has 0 atom stereocenters. The van der Waals surface area contributed by atoms with Crippen molar-refractivity contribution in [2.75, 3.05) is 26.2 Å². The molecule has 0 aliphatic carbocycles. The number of aryl methyl sites for hydroxylation is 1. The van der Waals surface area contributed by atoms with Gasteiger partial charge >= 0.3 is 5.69 Å². The molecule has 1 N–H and O–H groups in total. The van der Waals surface area contributed by atoms with Gasteiger partial charge in [0.25, 0.3) is 0 Å². The van der Waals surface area contributed by atoms with Crippen LogP contribution in [-0.2, 0) is 12.5 Å². The van der Waals surface area contributed by atoms with E-state index in [0.717, 1.165) is 53.6 Å². The summed E-state index contributed by atoms with van der Waals surface area (Å²) in [5.74, 6) is -0.222. The fourth-order valence-electron chi connectivity index (χ4n) is 5.02. The van der Waals surface area contributed by atoms with Gasteiger partial charge in [-0.3, -0.25) is 9.55 Å². The second kappa shape index (κ2) is 9.41. The van der Waals surface area contributed by atoms with Gasteiger partial charge < -0.3 is 14.6 Å². The van der Waals surface area contributed by atoms with E-state index in [9.17, 15) is 4.79 Å². The number of aromatic nitrogens is 4. The van der Waals surface area contributed by atoms with E-state index in [-0.39, 0.29) is 5.69 Å². The van der Waals surface area contributed by atoms with E-state index in [4.69, 9.17) is 4.74 Å². The van der Waals surface area contributed by atoms with Gasteiger partial charge in [0.2, 0.25) is 11.8 Å². The van der Waals surface area contributed by atoms with Gasteiger partial charge in [0.05, 0.1) is 29.4 Å². The molecule has 4 aromatic rings. The maximum Gasteiger partial charge on any atom is 0.326 e. The molecule has 3 aromatic heterocycles. The molecule has 0 saturated carbocycles. The number of ether oxygens (including phenoxy) is 1. The summed E-state index contributed by atoms with van der Waals surface area (Å²) < 4.78 is 22.5. The van der Waals surface area contributed by atoms with Crippen molar-refractivity contribution in [3.05, 3.63) is 64.1 Å². The molecule has 4 heterocycles. The molecule has 7 nitrogen and oxygen atoms in total. The summed E-state index contributed by atoms with van der Waals surface area (Å²) >= 11 is 0. The summed E-state index contributed by atoms with van der Waals surface area (Å²) in [5, 5.41) is 0.827. The van der Waals surface area contributed by atoms with Gasteiger partial charge in [-0.1, -0.05) is 26.3 Å². The van der Waals surface area contributed by atoms with E-state index >= 15 is 4.39 Å². The highest BCUT2D eigenvalue weighted by molar-refractivity contribution is 6.02. The number of aromatic amines is 1. The van der Waals surface area contributed by atoms with Crippen LogP contribution in [0.2, 0.25) is 0 Å². The number of nitrogens with one attached hydrogen (secondary N) is 1. The van der Waals surface area contributed by atoms with E-state index in [2.05, 4.69) is 19.9 Å². The van der Waals surface area contributed by atoms with Crippen molar-refractivity contribution in [3.8, 4) is 5.88 Å². The normalized spacial score (nSPS) is 15.2. The van der Waals surface area contributed by atoms with Crippen molar-refractivity contribution in [2.45, 2.75) is 44.9 Å². The Morgan fingerprint density at radius 2 is 1.94 bits per heavy atom. The molecule has 0 radical (unpaired) electrons. The molecule has 5 rings (SSSR count). The number of fused-ring (bicyclic) bond motifs is 3. The average Bonchev–Trinajstić information content (AvgIpc) is 3.16. The molecule has 0 spiro atoms. The van der Waals surface area contributed by atoms with Crippen LogP contribution in [0, 0.1) is 5.95 Å². The zero-order chi connectivity index (χ0) is 24.6. The van der Waals surface area contributed by atoms with Gasteiger partial charge in [0, 0.05) is 36.0 Å². The van der Waals surface area contributed by atoms with Gasteiger partial charge in [0.15, 0.2) is 0 Å². The Hall–Kier alpha value is -3.26. The molecule has 0 unspecified atom stereocenters. The minimum absolute atomic E-state index is 0.194. The second-order valence-electron chi connectivity index (χ2n) is 9.96. The molecule has 1 fully saturated rings. The van der Waals surface area contributed by atoms with Crippen LogP contribution < -0.4 is 10.4 Å². The maximum absolute atomic E-state index is 15.2. The molecule has 35 heavy (non-hydrogen) atoms. The highest BCUT2D eigenvalue weighted by Gasteiger charge is 2.28. The molecule has 1 saturated heterocycles. The van der Waals surface area contributed by atoms with Gasteiger partial charge in [-0.25, -0.2) is 4.79 Å². The van der Waals surface area contributed by atoms with Gasteiger partial charge in [-0.15, -0.1) is 0 Å². The highest BCUT2D eigenvalue weighted by Crippen LogP contribution is 2.35. The molecule has 8 heteroatoms. The Morgan fingerprint density at radius 1 is 1.14 bits per heavy atom. The Kier molecular flexibility index (Phi) is 6.32. The number of hydrogen-bond donors (Lipinski definition) is 1. The number of pyridine rings is 2. The van der Waals surface area contributed by atoms with Crippen molar-refractivity contribution < 1.29 is 9.13 Å². The predicted octanol–water partition coefficient (Wildman–Crippen LogP) is 4.53. The zero-order valence-corrected chi connectivity index (χ0v) is 20.6. The van der Waals surface area contributed by atoms with Crippen LogP contribution in [0.25, 0.3) is 21.9 Å². The van der Waals surface area contributed by atoms with E-state index in [1.807, 2.05) is 32.0 Å². The fourth-order valence-corrected chi connectivity index (χ4v) is 5.02. The quantitative estimate of drug-likeness (QED) is 0.313. The summed E-state index contributed by atoms with van der Waals surface area (Å²) in [5.41, 5.74) is 2.76. The SMILES string of the molecule is Cn1c(=O)[nH]c2c3cc(C(C)(C)c4ccc(OCCCN5CCCCC5)nc4F)ccc3ncc21. The largest absolute Gasteiger partial charge is 0.478 e. The van der Waals surface area contributed by atoms with Gasteiger partial charge in [-0.2, -0.15) is 9.37 Å². The summed E-state index contributed by atoms with van der Waals surface area (Å²) in [6.45, 7) is 7.78. The van der Waals surface area contributed by atoms with Crippen molar-refractivity contribution in [3.63, 3.8) is 0 Å². The first-order valence-electron chi connectivity index (χ1n) is 12.3. The number of benzene rings is 1. The van der Waals surface area contributed by atoms with Crippen molar-refractivity contribution in [1.82, 2.24) is 24.4 Å². The van der Waals surface area contributed by atoms with Crippen LogP contribution in [0.3, 0.4) is 0 Å². The van der Waals surface area contributed by atoms with E-state index in [1.165, 1.54) is 23.8 Å². The molecule has 1 aliphatic heterocycles. The third kappa shape index (κ3) is 4.55. The zero-order valence-electron chi connectivity index (χ0n) is 20.6. The third-order valence-corrected chi connectivity index (χ3v) is 7.28. The lowest BCUT2D eigenvalue weighted by Crippen LogP contribution is -2.31. The summed E-state index contributed by atoms with van der Waals surface area (Å²) in [6, 6.07) is 9.34. The predicted molar refractivity (Wildman–Crippen MR) is 136 cm³/mol. The molecule has 1 aliphatic rings. The number of H-pyrrole nitrogens is 1. The van der Waals surface area contributed by atoms with E-state index in [0.29, 0.717) is 18.1 Å². The van der Waals surface area contributed by atoms with Crippen molar-refractivity contribution in [1.29, 1.82) is 0 Å². The topological polar surface area (TPSA) is 76.0 Å². The van der Waals surface area contributed by atoms with Crippen LogP contribution in [0.5, 0.6) is 5.88 Å². The fraction of sp³-hybridized carbons (Fsp3) is 0.444. The Bertz CT molecular complexity index is 1420. The number of likely N-dealkylation sites (tertiary alicyclic amines) is 1. The first-order valence-corrected chi connectivity index (χ1v) is 12.3. The summed E-state index contributed by atoms with van der Waals surface area (Å²) in [4.78, 5) is 26.1. The van der Waals surface area contributed by atoms with Gasteiger partial charge in [0.1, 0.15) is 0 Å². The van der Waals surface area contributed by atoms with Crippen LogP contribution in [0.15, 0.2) is 41.3 Å². The van der Waals surface area contributed by atoms with E-state index < -0.39 is 11.4 Å². The standard InChI is InChI=1S/C27H32FN5O2/c1-27(2,18-8-10-21-19(16-18)24-22(17-29-21)32(3)26(34)31-24)20-9-11-23(30-25(20)28)35-15-7-14-33-12-5-4-6-13-33/h8-11,16-17H,4-7,12-15H2,1-3H3,(H,31,34). The number of imidazole rings is 1. The number of piperidine rings is 1. The van der Waals surface area contributed by atoms with Crippen LogP contribution in [0.4, 0.5) is 4.39 Å². The minimum Gasteiger partial charge on any atom is -0.478 e. The highest BCUT2D eigenvalue weighted by atomic mass is 19.1. The molecular formula is C27H32FN5O2. The lowest BCUT2D eigenvalue weighted by molar-refractivity contribution is 0.202. The molecule has 0 amide bonds. The summed E-state index contributed by atoms with van der Waals surface area (Å²) in [6.07, 6.45) is 6.46. The first kappa shape index (κ1) is 23.5. The monoisotopic (exact) mass is 477 g/mol. The lowest BCUT2D eigenvalue weighted by atomic mass is 9.78. The molecular weight excluding hydrogens is 445 g/mol. The average molecular weight is 478 g/mol. The molecule has 184 valence electrons. The number of hydrogen-bond acceptors (Lipinski definition) is 5. The van der Waals surface area contributed by atoms with Crippen LogP contribution in [-0.4, -0.2) is 50.7 Å². The Morgan fingerprint density at radius 3 is 2.71 bits per heavy atom. The third-order valence-electron chi connectivity index (χ3n) is 7.28. The van der Waals surface area contributed by atoms with E-state index in [1.54, 1.807) is 25.4 Å². The lowest BCUT2D eigenvalue weighted by Gasteiger charge is -2.27. The molecule has 0 bridgehead atoms. The molecule has 1 aromatic carbocycles. The Labute approximate surface area is 204 Å². The maximum atomic E-state index is 15.2. The van der Waals surface area contributed by atoms with Gasteiger partial charge in [-0.05, 0) is 56.1 Å². The Balaban J connectivity index is 1.35. The summed E-state index contributed by atoms with van der Waals surface area (Å²) in [7, 11) is 1.71. The number of rotatable bonds is 7. The number of nitrogens with zero attached hydrogens (tertiary/aromatic N) is 4. The minimum atomic E-state index is -0.657. The number of halogens is 1. The van der Waals surface area contributed by atoms with Crippen LogP contribution in [0.1, 0.15) is 50.7 Å². The van der Waals surface area contributed by atoms with Crippen LogP contribution >= 0.6 is 0 Å². The second-order valence-corrected chi connectivity index (χ2v) is 9.96.